The van der Waals surface area contributed by atoms with Crippen LogP contribution < -0.4 is 25.3 Å². The van der Waals surface area contributed by atoms with E-state index >= 15 is 0 Å². The molecule has 1 aromatic heterocycles. The van der Waals surface area contributed by atoms with E-state index in [1.807, 2.05) is 36.5 Å². The van der Waals surface area contributed by atoms with Gasteiger partial charge in [0.15, 0.2) is 0 Å². The van der Waals surface area contributed by atoms with Crippen molar-refractivity contribution in [3.8, 4) is 6.07 Å². The lowest BCUT2D eigenvalue weighted by Gasteiger charge is -2.48. The van der Waals surface area contributed by atoms with E-state index in [0.717, 1.165) is 119 Å². The molecule has 5 fully saturated rings. The molecule has 318 valence electrons. The number of aromatic nitrogens is 1. The molecule has 1 atom stereocenters. The third-order valence-corrected chi connectivity index (χ3v) is 14.6. The Labute approximate surface area is 361 Å². The van der Waals surface area contributed by atoms with Gasteiger partial charge in [0, 0.05) is 69.5 Å². The van der Waals surface area contributed by atoms with E-state index in [9.17, 15) is 24.0 Å². The van der Waals surface area contributed by atoms with Gasteiger partial charge in [0.1, 0.15) is 17.9 Å². The van der Waals surface area contributed by atoms with Gasteiger partial charge in [-0.2, -0.15) is 5.26 Å². The van der Waals surface area contributed by atoms with Crippen molar-refractivity contribution in [2.24, 2.45) is 17.3 Å². The van der Waals surface area contributed by atoms with Gasteiger partial charge in [-0.15, -0.1) is 0 Å². The summed E-state index contributed by atoms with van der Waals surface area (Å²) in [6, 6.07) is 16.0. The zero-order valence-corrected chi connectivity index (χ0v) is 35.2. The molecule has 6 aliphatic heterocycles. The lowest BCUT2D eigenvalue weighted by atomic mass is 9.71. The van der Waals surface area contributed by atoms with Gasteiger partial charge in [-0.3, -0.25) is 34.2 Å². The molecule has 0 aliphatic carbocycles. The first-order valence-electron chi connectivity index (χ1n) is 21.9. The van der Waals surface area contributed by atoms with Crippen molar-refractivity contribution in [3.63, 3.8) is 0 Å². The Balaban J connectivity index is 0.689. The molecule has 5 saturated heterocycles. The number of carbonyl (C=O) groups is 5. The number of piperidine rings is 5. The van der Waals surface area contributed by atoms with Crippen LogP contribution in [0.25, 0.3) is 0 Å². The summed E-state index contributed by atoms with van der Waals surface area (Å²) in [4.78, 5) is 79.1. The maximum atomic E-state index is 13.4. The number of benzene rings is 2. The van der Waals surface area contributed by atoms with Gasteiger partial charge in [0.2, 0.25) is 17.7 Å². The Morgan fingerprint density at radius 1 is 0.770 bits per heavy atom. The van der Waals surface area contributed by atoms with Gasteiger partial charge in [0.05, 0.1) is 33.6 Å². The molecule has 14 nitrogen and oxygen atoms in total. The molecule has 61 heavy (non-hydrogen) atoms. The SMILES string of the molecule is N#Cc1ccc(N2CCC(C(=O)Nc3ccc(N4CCC(CN5CCC6(CC5)CCN(c5ccc7c(c5)C(=O)N(C5CCC(=O)NC5=O)C7=O)CC6)CC4)cn3)CC2)cc1Cl. The van der Waals surface area contributed by atoms with E-state index in [2.05, 4.69) is 47.4 Å². The van der Waals surface area contributed by atoms with Gasteiger partial charge in [-0.25, -0.2) is 4.98 Å². The van der Waals surface area contributed by atoms with Gasteiger partial charge < -0.3 is 24.9 Å². The summed E-state index contributed by atoms with van der Waals surface area (Å²) in [7, 11) is 0. The number of pyridine rings is 1. The molecule has 3 aromatic rings. The number of nitrogens with zero attached hydrogens (tertiary/aromatic N) is 7. The van der Waals surface area contributed by atoms with Crippen molar-refractivity contribution in [3.05, 3.63) is 76.4 Å². The highest BCUT2D eigenvalue weighted by atomic mass is 35.5. The minimum absolute atomic E-state index is 0.00354. The molecule has 0 bridgehead atoms. The molecule has 1 spiro atoms. The summed E-state index contributed by atoms with van der Waals surface area (Å²) in [5.41, 5.74) is 4.44. The summed E-state index contributed by atoms with van der Waals surface area (Å²) >= 11 is 6.24. The van der Waals surface area contributed by atoms with Gasteiger partial charge in [-0.1, -0.05) is 11.6 Å². The number of rotatable bonds is 8. The molecule has 1 unspecified atom stereocenters. The Morgan fingerprint density at radius 2 is 1.39 bits per heavy atom. The molecule has 2 aromatic carbocycles. The van der Waals surface area contributed by atoms with Crippen molar-refractivity contribution in [1.82, 2.24) is 20.1 Å². The normalized spacial score (nSPS) is 22.7. The van der Waals surface area contributed by atoms with Gasteiger partial charge >= 0.3 is 0 Å². The highest BCUT2D eigenvalue weighted by molar-refractivity contribution is 6.32. The Kier molecular flexibility index (Phi) is 11.4. The van der Waals surface area contributed by atoms with Crippen LogP contribution in [-0.2, 0) is 14.4 Å². The van der Waals surface area contributed by atoms with Crippen molar-refractivity contribution in [2.75, 3.05) is 78.9 Å². The number of imide groups is 2. The number of carbonyl (C=O) groups excluding carboxylic acids is 5. The number of anilines is 4. The summed E-state index contributed by atoms with van der Waals surface area (Å²) in [5, 5.41) is 14.9. The van der Waals surface area contributed by atoms with Crippen molar-refractivity contribution in [1.29, 1.82) is 5.26 Å². The zero-order chi connectivity index (χ0) is 42.3. The standard InChI is InChI=1S/C46H52ClN9O5/c47-38-26-34(2-1-32(38)27-48)53-19-11-31(12-20-53)42(58)50-40-7-4-35(28-49-40)54-17-9-30(10-18-54)29-52-21-13-46(14-22-52)15-23-55(24-16-46)33-3-5-36-37(25-33)45(61)56(44(36)60)39-6-8-41(57)51-43(39)59/h1-5,7,25-26,28,30-31,39H,6,8-24,29H2,(H,49,50,58)(H,51,57,59). The number of likely N-dealkylation sites (tertiary alicyclic amines) is 1. The van der Waals surface area contributed by atoms with Crippen molar-refractivity contribution < 1.29 is 24.0 Å². The second-order valence-corrected chi connectivity index (χ2v) is 18.2. The topological polar surface area (TPSA) is 162 Å². The molecule has 9 rings (SSSR count). The van der Waals surface area contributed by atoms with Crippen LogP contribution in [0.2, 0.25) is 5.02 Å². The minimum Gasteiger partial charge on any atom is -0.371 e. The van der Waals surface area contributed by atoms with Crippen LogP contribution in [0.3, 0.4) is 0 Å². The van der Waals surface area contributed by atoms with Crippen LogP contribution in [0.4, 0.5) is 22.9 Å². The van der Waals surface area contributed by atoms with Crippen LogP contribution in [0.1, 0.15) is 90.5 Å². The first kappa shape index (κ1) is 40.9. The highest BCUT2D eigenvalue weighted by Gasteiger charge is 2.45. The maximum absolute atomic E-state index is 13.4. The average molecular weight is 846 g/mol. The van der Waals surface area contributed by atoms with E-state index in [1.54, 1.807) is 12.1 Å². The largest absolute Gasteiger partial charge is 0.371 e. The quantitative estimate of drug-likeness (QED) is 0.277. The van der Waals surface area contributed by atoms with E-state index < -0.39 is 23.8 Å². The molecule has 2 N–H and O–H groups in total. The van der Waals surface area contributed by atoms with Crippen molar-refractivity contribution >= 4 is 64.0 Å². The Bertz CT molecular complexity index is 2250. The fourth-order valence-electron chi connectivity index (χ4n) is 10.4. The monoisotopic (exact) mass is 845 g/mol. The second kappa shape index (κ2) is 17.1. The van der Waals surface area contributed by atoms with Crippen LogP contribution in [0.5, 0.6) is 0 Å². The summed E-state index contributed by atoms with van der Waals surface area (Å²) < 4.78 is 0. The summed E-state index contributed by atoms with van der Waals surface area (Å²) in [6.45, 7) is 8.64. The number of hydrogen-bond acceptors (Lipinski definition) is 11. The number of amides is 5. The third-order valence-electron chi connectivity index (χ3n) is 14.3. The predicted octanol–water partition coefficient (Wildman–Crippen LogP) is 5.46. The zero-order valence-electron chi connectivity index (χ0n) is 34.4. The van der Waals surface area contributed by atoms with Crippen LogP contribution in [0.15, 0.2) is 54.7 Å². The predicted molar refractivity (Wildman–Crippen MR) is 232 cm³/mol. The van der Waals surface area contributed by atoms with E-state index in [1.165, 1.54) is 12.8 Å². The Hall–Kier alpha value is -5.52. The van der Waals surface area contributed by atoms with E-state index in [0.29, 0.717) is 38.9 Å². The first-order valence-corrected chi connectivity index (χ1v) is 22.2. The van der Waals surface area contributed by atoms with Crippen LogP contribution >= 0.6 is 11.6 Å². The van der Waals surface area contributed by atoms with Gasteiger partial charge in [0.25, 0.3) is 11.8 Å². The average Bonchev–Trinajstić information content (AvgIpc) is 3.53. The number of fused-ring (bicyclic) bond motifs is 1. The first-order chi connectivity index (χ1) is 29.6. The molecule has 6 aliphatic rings. The smallest absolute Gasteiger partial charge is 0.262 e. The summed E-state index contributed by atoms with van der Waals surface area (Å²) in [6.07, 6.45) is 10.5. The number of halogens is 1. The van der Waals surface area contributed by atoms with Crippen LogP contribution in [0, 0.1) is 28.6 Å². The third kappa shape index (κ3) is 8.42. The Morgan fingerprint density at radius 3 is 2.07 bits per heavy atom. The molecular weight excluding hydrogens is 794 g/mol. The second-order valence-electron chi connectivity index (χ2n) is 17.8. The number of hydrogen-bond donors (Lipinski definition) is 2. The van der Waals surface area contributed by atoms with Gasteiger partial charge in [-0.05, 0) is 131 Å². The fourth-order valence-corrected chi connectivity index (χ4v) is 10.6. The van der Waals surface area contributed by atoms with E-state index in [4.69, 9.17) is 16.9 Å². The fraction of sp³-hybridized carbons (Fsp3) is 0.500. The van der Waals surface area contributed by atoms with Crippen LogP contribution in [-0.4, -0.2) is 109 Å². The van der Waals surface area contributed by atoms with E-state index in [-0.39, 0.29) is 30.6 Å². The number of nitriles is 1. The van der Waals surface area contributed by atoms with Crippen molar-refractivity contribution in [2.45, 2.75) is 70.3 Å². The molecule has 7 heterocycles. The maximum Gasteiger partial charge on any atom is 0.262 e. The summed E-state index contributed by atoms with van der Waals surface area (Å²) in [5.74, 6) is -0.748. The lowest BCUT2D eigenvalue weighted by Crippen LogP contribution is -2.54. The lowest BCUT2D eigenvalue weighted by molar-refractivity contribution is -0.136. The molecule has 5 amide bonds. The molecule has 0 radical (unpaired) electrons. The number of nitrogens with one attached hydrogen (secondary N) is 2. The molecule has 15 heteroatoms. The molecule has 0 saturated carbocycles. The minimum atomic E-state index is -0.960. The highest BCUT2D eigenvalue weighted by Crippen LogP contribution is 2.43. The molecular formula is C46H52ClN9O5.